The lowest BCUT2D eigenvalue weighted by molar-refractivity contribution is 0.0729. The third-order valence-electron chi connectivity index (χ3n) is 5.47. The van der Waals surface area contributed by atoms with Crippen LogP contribution in [-0.4, -0.2) is 41.3 Å². The minimum absolute atomic E-state index is 0.00268. The molecule has 0 radical (unpaired) electrons. The minimum Gasteiger partial charge on any atom is -0.486 e. The van der Waals surface area contributed by atoms with E-state index in [4.69, 9.17) is 9.47 Å². The van der Waals surface area contributed by atoms with Crippen LogP contribution in [0.4, 0.5) is 0 Å². The van der Waals surface area contributed by atoms with Gasteiger partial charge in [0.25, 0.3) is 5.91 Å². The molecule has 6 heteroatoms. The summed E-state index contributed by atoms with van der Waals surface area (Å²) in [5.74, 6) is 1.41. The van der Waals surface area contributed by atoms with E-state index in [2.05, 4.69) is 4.98 Å². The zero-order valence-electron chi connectivity index (χ0n) is 15.9. The van der Waals surface area contributed by atoms with Gasteiger partial charge in [-0.2, -0.15) is 0 Å². The smallest absolute Gasteiger partial charge is 0.271 e. The van der Waals surface area contributed by atoms with Crippen molar-refractivity contribution in [2.75, 3.05) is 19.8 Å². The van der Waals surface area contributed by atoms with Crippen LogP contribution in [0.5, 0.6) is 11.5 Å². The number of aryl methyl sites for hydroxylation is 1. The van der Waals surface area contributed by atoms with Crippen molar-refractivity contribution in [2.24, 2.45) is 0 Å². The van der Waals surface area contributed by atoms with Gasteiger partial charge < -0.3 is 19.4 Å². The number of aromatic nitrogens is 1. The van der Waals surface area contributed by atoms with Crippen molar-refractivity contribution in [1.82, 2.24) is 9.88 Å². The van der Waals surface area contributed by atoms with Crippen LogP contribution < -0.4 is 9.47 Å². The van der Waals surface area contributed by atoms with Crippen LogP contribution in [0, 0.1) is 13.8 Å². The van der Waals surface area contributed by atoms with Gasteiger partial charge >= 0.3 is 0 Å². The number of benzene rings is 1. The highest BCUT2D eigenvalue weighted by atomic mass is 16.6. The molecule has 1 saturated heterocycles. The van der Waals surface area contributed by atoms with E-state index < -0.39 is 0 Å². The van der Waals surface area contributed by atoms with Gasteiger partial charge in [0.05, 0.1) is 6.04 Å². The van der Waals surface area contributed by atoms with Gasteiger partial charge in [0.15, 0.2) is 17.3 Å². The predicted molar refractivity (Wildman–Crippen MR) is 101 cm³/mol. The van der Waals surface area contributed by atoms with Gasteiger partial charge in [-0.1, -0.05) is 6.07 Å². The quantitative estimate of drug-likeness (QED) is 0.841. The van der Waals surface area contributed by atoms with Crippen molar-refractivity contribution in [1.29, 1.82) is 0 Å². The number of likely N-dealkylation sites (tertiary alicyclic amines) is 1. The average Bonchev–Trinajstić information content (AvgIpc) is 3.25. The van der Waals surface area contributed by atoms with E-state index in [9.17, 15) is 9.59 Å². The molecule has 4 rings (SSSR count). The van der Waals surface area contributed by atoms with Crippen LogP contribution in [-0.2, 0) is 0 Å². The van der Waals surface area contributed by atoms with E-state index in [1.807, 2.05) is 36.9 Å². The third-order valence-corrected chi connectivity index (χ3v) is 5.47. The third kappa shape index (κ3) is 2.99. The first kappa shape index (κ1) is 17.6. The summed E-state index contributed by atoms with van der Waals surface area (Å²) < 4.78 is 11.3. The van der Waals surface area contributed by atoms with Crippen LogP contribution in [0.15, 0.2) is 18.2 Å². The number of nitrogens with one attached hydrogen (secondary N) is 1. The maximum absolute atomic E-state index is 13.3. The fourth-order valence-corrected chi connectivity index (χ4v) is 4.26. The Kier molecular flexibility index (Phi) is 4.42. The maximum atomic E-state index is 13.3. The van der Waals surface area contributed by atoms with E-state index in [-0.39, 0.29) is 17.7 Å². The zero-order chi connectivity index (χ0) is 19.1. The van der Waals surface area contributed by atoms with Crippen LogP contribution in [0.25, 0.3) is 0 Å². The molecule has 1 aromatic heterocycles. The summed E-state index contributed by atoms with van der Waals surface area (Å²) in [6.07, 6.45) is 1.85. The number of carbonyl (C=O) groups is 2. The molecule has 1 amide bonds. The van der Waals surface area contributed by atoms with Gasteiger partial charge in [0, 0.05) is 17.8 Å². The number of hydrogen-bond acceptors (Lipinski definition) is 4. The summed E-state index contributed by atoms with van der Waals surface area (Å²) >= 11 is 0. The summed E-state index contributed by atoms with van der Waals surface area (Å²) in [6.45, 7) is 7.00. The first-order chi connectivity index (χ1) is 13.0. The topological polar surface area (TPSA) is 71.6 Å². The summed E-state index contributed by atoms with van der Waals surface area (Å²) in [6, 6.07) is 5.91. The lowest BCUT2D eigenvalue weighted by Gasteiger charge is -2.26. The number of hydrogen-bond donors (Lipinski definition) is 1. The molecule has 3 heterocycles. The van der Waals surface area contributed by atoms with Gasteiger partial charge in [-0.25, -0.2) is 0 Å². The molecule has 2 aromatic rings. The molecule has 0 bridgehead atoms. The van der Waals surface area contributed by atoms with E-state index >= 15 is 0 Å². The summed E-state index contributed by atoms with van der Waals surface area (Å²) in [4.78, 5) is 30.2. The Hall–Kier alpha value is -2.76. The van der Waals surface area contributed by atoms with Crippen molar-refractivity contribution in [2.45, 2.75) is 39.7 Å². The highest BCUT2D eigenvalue weighted by Gasteiger charge is 2.33. The number of aromatic amines is 1. The standard InChI is InChI=1S/C21H24N2O4/c1-12-19(14(3)24)13(2)22-20(12)21(25)23-8-4-5-16(23)15-6-7-17-18(11-15)27-10-9-26-17/h6-7,11,16,22H,4-5,8-10H2,1-3H3/t16-/m1/s1. The molecule has 6 nitrogen and oxygen atoms in total. The van der Waals surface area contributed by atoms with Crippen molar-refractivity contribution < 1.29 is 19.1 Å². The fraction of sp³-hybridized carbons (Fsp3) is 0.429. The molecule has 1 atom stereocenters. The number of carbonyl (C=O) groups excluding carboxylic acids is 2. The van der Waals surface area contributed by atoms with Crippen LogP contribution >= 0.6 is 0 Å². The lowest BCUT2D eigenvalue weighted by Crippen LogP contribution is -2.31. The van der Waals surface area contributed by atoms with E-state index in [1.165, 1.54) is 6.92 Å². The molecule has 0 aliphatic carbocycles. The van der Waals surface area contributed by atoms with Crippen molar-refractivity contribution in [3.63, 3.8) is 0 Å². The predicted octanol–water partition coefficient (Wildman–Crippen LogP) is 3.58. The van der Waals surface area contributed by atoms with Crippen molar-refractivity contribution >= 4 is 11.7 Å². The van der Waals surface area contributed by atoms with Gasteiger partial charge in [0.1, 0.15) is 18.9 Å². The molecule has 0 unspecified atom stereocenters. The van der Waals surface area contributed by atoms with Gasteiger partial charge in [0.2, 0.25) is 0 Å². The van der Waals surface area contributed by atoms with Crippen LogP contribution in [0.2, 0.25) is 0 Å². The molecule has 1 N–H and O–H groups in total. The molecule has 1 fully saturated rings. The number of H-pyrrole nitrogens is 1. The average molecular weight is 368 g/mol. The second kappa shape index (κ2) is 6.76. The Balaban J connectivity index is 1.65. The Morgan fingerprint density at radius 1 is 1.15 bits per heavy atom. The van der Waals surface area contributed by atoms with E-state index in [0.29, 0.717) is 31.0 Å². The molecule has 0 saturated carbocycles. The second-order valence-electron chi connectivity index (χ2n) is 7.24. The first-order valence-electron chi connectivity index (χ1n) is 9.38. The van der Waals surface area contributed by atoms with Crippen molar-refractivity contribution in [3.05, 3.63) is 46.3 Å². The van der Waals surface area contributed by atoms with Gasteiger partial charge in [-0.05, 0) is 56.9 Å². The minimum atomic E-state index is -0.0551. The molecule has 142 valence electrons. The highest BCUT2D eigenvalue weighted by Crippen LogP contribution is 2.39. The Labute approximate surface area is 158 Å². The Morgan fingerprint density at radius 2 is 1.89 bits per heavy atom. The number of ether oxygens (including phenoxy) is 2. The van der Waals surface area contributed by atoms with Gasteiger partial charge in [-0.3, -0.25) is 9.59 Å². The summed E-state index contributed by atoms with van der Waals surface area (Å²) in [5, 5.41) is 0. The fourth-order valence-electron chi connectivity index (χ4n) is 4.26. The Morgan fingerprint density at radius 3 is 2.59 bits per heavy atom. The molecule has 1 aromatic carbocycles. The van der Waals surface area contributed by atoms with Crippen molar-refractivity contribution in [3.8, 4) is 11.5 Å². The summed E-state index contributed by atoms with van der Waals surface area (Å²) in [7, 11) is 0. The van der Waals surface area contributed by atoms with Gasteiger partial charge in [-0.15, -0.1) is 0 Å². The van der Waals surface area contributed by atoms with E-state index in [1.54, 1.807) is 0 Å². The highest BCUT2D eigenvalue weighted by molar-refractivity contribution is 6.02. The number of amides is 1. The van der Waals surface area contributed by atoms with E-state index in [0.717, 1.165) is 41.2 Å². The number of fused-ring (bicyclic) bond motifs is 1. The monoisotopic (exact) mass is 368 g/mol. The molecule has 0 spiro atoms. The second-order valence-corrected chi connectivity index (χ2v) is 7.24. The Bertz CT molecular complexity index is 915. The first-order valence-corrected chi connectivity index (χ1v) is 9.38. The molecule has 2 aliphatic rings. The molecular formula is C21H24N2O4. The SMILES string of the molecule is CC(=O)c1c(C)[nH]c(C(=O)N2CCC[C@@H]2c2ccc3c(c2)OCCO3)c1C. The number of nitrogens with zero attached hydrogens (tertiary/aromatic N) is 1. The molecular weight excluding hydrogens is 344 g/mol. The number of rotatable bonds is 3. The summed E-state index contributed by atoms with van der Waals surface area (Å²) in [5.41, 5.74) is 3.67. The van der Waals surface area contributed by atoms with Crippen LogP contribution in [0.3, 0.4) is 0 Å². The normalized spacial score (nSPS) is 18.6. The zero-order valence-corrected chi connectivity index (χ0v) is 15.9. The van der Waals surface area contributed by atoms with Crippen LogP contribution in [0.1, 0.15) is 63.5 Å². The molecule has 2 aliphatic heterocycles. The largest absolute Gasteiger partial charge is 0.486 e. The lowest BCUT2D eigenvalue weighted by atomic mass is 10.0. The maximum Gasteiger partial charge on any atom is 0.271 e. The number of Topliss-reactive ketones (excluding diaryl/α,β-unsaturated/α-hetero) is 1. The molecule has 27 heavy (non-hydrogen) atoms. The number of ketones is 1.